The van der Waals surface area contributed by atoms with Gasteiger partial charge in [0, 0.05) is 30.1 Å². The van der Waals surface area contributed by atoms with Crippen LogP contribution in [0.4, 0.5) is 19.0 Å². The lowest BCUT2D eigenvalue weighted by molar-refractivity contribution is -0.144. The van der Waals surface area contributed by atoms with Crippen LogP contribution in [-0.2, 0) is 17.5 Å². The van der Waals surface area contributed by atoms with E-state index in [2.05, 4.69) is 20.2 Å². The van der Waals surface area contributed by atoms with E-state index in [-0.39, 0.29) is 29.6 Å². The molecule has 2 amide bonds. The summed E-state index contributed by atoms with van der Waals surface area (Å²) < 4.78 is 38.8. The molecule has 0 unspecified atom stereocenters. The molecular formula is C23H20F3N7O2. The Bertz CT molecular complexity index is 1450. The largest absolute Gasteiger partial charge is 0.417 e. The van der Waals surface area contributed by atoms with E-state index in [4.69, 9.17) is 5.73 Å². The number of pyridine rings is 2. The van der Waals surface area contributed by atoms with E-state index in [1.54, 1.807) is 18.2 Å². The maximum Gasteiger partial charge on any atom is 0.417 e. The Morgan fingerprint density at radius 2 is 1.91 bits per heavy atom. The van der Waals surface area contributed by atoms with Crippen molar-refractivity contribution in [2.24, 2.45) is 5.92 Å². The molecule has 3 aromatic heterocycles. The maximum atomic E-state index is 13.6. The van der Waals surface area contributed by atoms with Gasteiger partial charge in [0.05, 0.1) is 40.4 Å². The first-order chi connectivity index (χ1) is 16.6. The molecule has 5 rings (SSSR count). The average molecular weight is 483 g/mol. The zero-order valence-electron chi connectivity index (χ0n) is 18.5. The molecule has 0 atom stereocenters. The monoisotopic (exact) mass is 483 g/mol. The number of nitrogens with zero attached hydrogens (tertiary/aromatic N) is 5. The molecule has 35 heavy (non-hydrogen) atoms. The van der Waals surface area contributed by atoms with E-state index in [1.807, 2.05) is 0 Å². The number of alkyl halides is 3. The summed E-state index contributed by atoms with van der Waals surface area (Å²) in [6, 6.07) is 6.90. The molecule has 180 valence electrons. The zero-order chi connectivity index (χ0) is 24.9. The lowest BCUT2D eigenvalue weighted by Crippen LogP contribution is -2.47. The van der Waals surface area contributed by atoms with Crippen molar-refractivity contribution in [1.82, 2.24) is 30.2 Å². The summed E-state index contributed by atoms with van der Waals surface area (Å²) in [7, 11) is 1.47. The summed E-state index contributed by atoms with van der Waals surface area (Å²) in [5.41, 5.74) is 6.69. The van der Waals surface area contributed by atoms with Crippen molar-refractivity contribution in [3.05, 3.63) is 59.5 Å². The zero-order valence-corrected chi connectivity index (χ0v) is 18.5. The number of rotatable bonds is 4. The molecule has 9 nitrogen and oxygen atoms in total. The van der Waals surface area contributed by atoms with Crippen LogP contribution >= 0.6 is 0 Å². The standard InChI is InChI=1S/C23H20F3N7O2/c1-32(21(34)12-2-3-12)33(11-15-6-5-14(9-28-15)23(24,25)26)22(35)13-4-7-18-16(8-13)19-17(10-29-31-19)20(27)30-18/h4-10,12H,2-3,11H2,1H3,(H2,27,30)(H,29,31). The highest BCUT2D eigenvalue weighted by molar-refractivity contribution is 6.09. The Balaban J connectivity index is 1.51. The first kappa shape index (κ1) is 22.6. The van der Waals surface area contributed by atoms with Crippen LogP contribution in [0.1, 0.15) is 34.5 Å². The number of benzene rings is 1. The van der Waals surface area contributed by atoms with Gasteiger partial charge in [0.2, 0.25) is 5.91 Å². The third-order valence-corrected chi connectivity index (χ3v) is 5.97. The molecule has 0 radical (unpaired) electrons. The maximum absolute atomic E-state index is 13.6. The molecule has 3 heterocycles. The highest BCUT2D eigenvalue weighted by atomic mass is 19.4. The van der Waals surface area contributed by atoms with Crippen LogP contribution in [0.3, 0.4) is 0 Å². The van der Waals surface area contributed by atoms with Gasteiger partial charge < -0.3 is 5.73 Å². The van der Waals surface area contributed by atoms with Gasteiger partial charge in [0.25, 0.3) is 5.91 Å². The molecule has 0 bridgehead atoms. The van der Waals surface area contributed by atoms with Gasteiger partial charge in [-0.05, 0) is 43.2 Å². The van der Waals surface area contributed by atoms with Gasteiger partial charge >= 0.3 is 6.18 Å². The fraction of sp³-hybridized carbons (Fsp3) is 0.261. The van der Waals surface area contributed by atoms with Gasteiger partial charge in [-0.15, -0.1) is 0 Å². The number of H-pyrrole nitrogens is 1. The minimum absolute atomic E-state index is 0.177. The lowest BCUT2D eigenvalue weighted by atomic mass is 10.1. The molecule has 12 heteroatoms. The number of nitrogens with one attached hydrogen (secondary N) is 1. The highest BCUT2D eigenvalue weighted by Crippen LogP contribution is 2.32. The second-order valence-corrected chi connectivity index (χ2v) is 8.42. The van der Waals surface area contributed by atoms with Crippen molar-refractivity contribution in [3.63, 3.8) is 0 Å². The molecule has 0 spiro atoms. The van der Waals surface area contributed by atoms with Gasteiger partial charge in [-0.1, -0.05) is 0 Å². The lowest BCUT2D eigenvalue weighted by Gasteiger charge is -2.32. The number of nitrogen functional groups attached to an aromatic ring is 1. The van der Waals surface area contributed by atoms with Crippen molar-refractivity contribution < 1.29 is 22.8 Å². The predicted molar refractivity (Wildman–Crippen MR) is 120 cm³/mol. The number of halogens is 3. The van der Waals surface area contributed by atoms with E-state index in [9.17, 15) is 22.8 Å². The van der Waals surface area contributed by atoms with Gasteiger partial charge in [0.1, 0.15) is 5.82 Å². The third-order valence-electron chi connectivity index (χ3n) is 5.97. The fourth-order valence-electron chi connectivity index (χ4n) is 3.86. The van der Waals surface area contributed by atoms with Crippen LogP contribution in [0.15, 0.2) is 42.7 Å². The van der Waals surface area contributed by atoms with Crippen LogP contribution in [0.25, 0.3) is 21.8 Å². The fourth-order valence-corrected chi connectivity index (χ4v) is 3.86. The number of carbonyl (C=O) groups is 2. The van der Waals surface area contributed by atoms with Crippen molar-refractivity contribution in [2.75, 3.05) is 12.8 Å². The van der Waals surface area contributed by atoms with E-state index in [0.29, 0.717) is 33.8 Å². The Labute approximate surface area is 196 Å². The summed E-state index contributed by atoms with van der Waals surface area (Å²) in [5.74, 6) is -0.639. The molecule has 0 aliphatic heterocycles. The molecule has 3 N–H and O–H groups in total. The van der Waals surface area contributed by atoms with Crippen molar-refractivity contribution in [2.45, 2.75) is 25.6 Å². The van der Waals surface area contributed by atoms with Crippen molar-refractivity contribution in [3.8, 4) is 0 Å². The Morgan fingerprint density at radius 3 is 2.57 bits per heavy atom. The number of hydrogen-bond acceptors (Lipinski definition) is 6. The number of aromatic nitrogens is 4. The summed E-state index contributed by atoms with van der Waals surface area (Å²) in [5, 5.41) is 10.5. The SMILES string of the molecule is CN(C(=O)C1CC1)N(Cc1ccc(C(F)(F)F)cn1)C(=O)c1ccc2nc(N)c3cn[nH]c3c2c1. The van der Waals surface area contributed by atoms with Gasteiger partial charge in [-0.3, -0.25) is 24.7 Å². The Morgan fingerprint density at radius 1 is 1.14 bits per heavy atom. The van der Waals surface area contributed by atoms with Crippen molar-refractivity contribution >= 4 is 39.4 Å². The normalized spacial score (nSPS) is 13.8. The number of aromatic amines is 1. The molecule has 1 saturated carbocycles. The first-order valence-electron chi connectivity index (χ1n) is 10.8. The quantitative estimate of drug-likeness (QED) is 0.429. The van der Waals surface area contributed by atoms with Gasteiger partial charge in [-0.25, -0.2) is 9.99 Å². The number of carbonyl (C=O) groups excluding carboxylic acids is 2. The number of anilines is 1. The topological polar surface area (TPSA) is 121 Å². The second kappa shape index (κ2) is 8.22. The molecule has 1 aliphatic carbocycles. The number of hydrogen-bond donors (Lipinski definition) is 2. The van der Waals surface area contributed by atoms with Crippen LogP contribution in [0.5, 0.6) is 0 Å². The Hall–Kier alpha value is -4.22. The summed E-state index contributed by atoms with van der Waals surface area (Å²) >= 11 is 0. The number of nitrogens with two attached hydrogens (primary N) is 1. The minimum atomic E-state index is -4.53. The van der Waals surface area contributed by atoms with Crippen LogP contribution in [0, 0.1) is 5.92 Å². The van der Waals surface area contributed by atoms with E-state index < -0.39 is 17.6 Å². The number of hydrazine groups is 1. The van der Waals surface area contributed by atoms with Crippen LogP contribution < -0.4 is 5.73 Å². The summed E-state index contributed by atoms with van der Waals surface area (Å²) in [6.07, 6.45) is -0.826. The van der Waals surface area contributed by atoms with Gasteiger partial charge in [0.15, 0.2) is 0 Å². The van der Waals surface area contributed by atoms with Gasteiger partial charge in [-0.2, -0.15) is 18.3 Å². The molecule has 4 aromatic rings. The second-order valence-electron chi connectivity index (χ2n) is 8.42. The number of amides is 2. The van der Waals surface area contributed by atoms with Crippen LogP contribution in [-0.4, -0.2) is 49.0 Å². The minimum Gasteiger partial charge on any atom is -0.383 e. The summed E-state index contributed by atoms with van der Waals surface area (Å²) in [6.45, 7) is -0.191. The van der Waals surface area contributed by atoms with E-state index in [1.165, 1.54) is 29.3 Å². The smallest absolute Gasteiger partial charge is 0.383 e. The third kappa shape index (κ3) is 4.22. The van der Waals surface area contributed by atoms with E-state index in [0.717, 1.165) is 18.9 Å². The molecule has 1 aliphatic rings. The predicted octanol–water partition coefficient (Wildman–Crippen LogP) is 3.53. The highest BCUT2D eigenvalue weighted by Gasteiger charge is 2.36. The average Bonchev–Trinajstić information content (AvgIpc) is 3.56. The van der Waals surface area contributed by atoms with Crippen molar-refractivity contribution in [1.29, 1.82) is 0 Å². The first-order valence-corrected chi connectivity index (χ1v) is 10.8. The molecule has 1 aromatic carbocycles. The van der Waals surface area contributed by atoms with E-state index >= 15 is 0 Å². The summed E-state index contributed by atoms with van der Waals surface area (Å²) in [4.78, 5) is 34.6. The molecule has 1 fully saturated rings. The molecule has 0 saturated heterocycles. The Kier molecular flexibility index (Phi) is 5.30. The number of fused-ring (bicyclic) bond motifs is 3. The van der Waals surface area contributed by atoms with Crippen LogP contribution in [0.2, 0.25) is 0 Å². The molecular weight excluding hydrogens is 463 g/mol.